The summed E-state index contributed by atoms with van der Waals surface area (Å²) in [5.41, 5.74) is 3.42. The normalized spacial score (nSPS) is 16.0. The van der Waals surface area contributed by atoms with Gasteiger partial charge < -0.3 is 9.47 Å². The highest BCUT2D eigenvalue weighted by Crippen LogP contribution is 2.38. The molecule has 0 aliphatic carbocycles. The lowest BCUT2D eigenvalue weighted by atomic mass is 10.1. The summed E-state index contributed by atoms with van der Waals surface area (Å²) in [6.45, 7) is 2.54. The molecule has 5 rings (SSSR count). The van der Waals surface area contributed by atoms with Crippen molar-refractivity contribution in [2.45, 2.75) is 13.5 Å². The van der Waals surface area contributed by atoms with Crippen molar-refractivity contribution in [3.8, 4) is 11.5 Å². The average molecular weight is 550 g/mol. The third-order valence-electron chi connectivity index (χ3n) is 5.66. The highest BCUT2D eigenvalue weighted by molar-refractivity contribution is 8.17. The van der Waals surface area contributed by atoms with E-state index in [0.29, 0.717) is 38.9 Å². The lowest BCUT2D eigenvalue weighted by molar-refractivity contribution is -0.114. The Morgan fingerprint density at radius 1 is 1.03 bits per heavy atom. The zero-order valence-electron chi connectivity index (χ0n) is 19.7. The molecule has 2 aliphatic rings. The third kappa shape index (κ3) is 5.30. The zero-order chi connectivity index (χ0) is 25.9. The van der Waals surface area contributed by atoms with Crippen LogP contribution in [-0.4, -0.2) is 28.4 Å². The van der Waals surface area contributed by atoms with Crippen LogP contribution in [0.4, 0.5) is 0 Å². The minimum absolute atomic E-state index is 0.0748. The summed E-state index contributed by atoms with van der Waals surface area (Å²) in [7, 11) is 0. The molecule has 1 amide bonds. The number of nitrogens with one attached hydrogen (secondary N) is 1. The topological polar surface area (TPSA) is 75.0 Å². The van der Waals surface area contributed by atoms with E-state index in [4.69, 9.17) is 38.1 Å². The van der Waals surface area contributed by atoms with E-state index in [-0.39, 0.29) is 18.0 Å². The summed E-state index contributed by atoms with van der Waals surface area (Å²) in [4.78, 5) is 18.8. The van der Waals surface area contributed by atoms with Gasteiger partial charge in [0.05, 0.1) is 17.9 Å². The number of fused-ring (bicyclic) bond motifs is 1. The van der Waals surface area contributed by atoms with Gasteiger partial charge in [0.15, 0.2) is 16.7 Å². The first-order valence-corrected chi connectivity index (χ1v) is 13.1. The number of nitrogens with zero attached hydrogens (tertiary/aromatic N) is 2. The minimum atomic E-state index is -0.456. The average Bonchev–Trinajstić information content (AvgIpc) is 3.31. The van der Waals surface area contributed by atoms with Gasteiger partial charge in [0.1, 0.15) is 12.4 Å². The Morgan fingerprint density at radius 2 is 1.84 bits per heavy atom. The van der Waals surface area contributed by atoms with Crippen molar-refractivity contribution in [2.75, 3.05) is 6.61 Å². The van der Waals surface area contributed by atoms with Crippen molar-refractivity contribution in [2.24, 2.45) is 4.99 Å². The maximum absolute atomic E-state index is 12.9. The number of amides is 1. The van der Waals surface area contributed by atoms with Crippen LogP contribution in [0, 0.1) is 5.41 Å². The number of hydrogen-bond donors (Lipinski definition) is 1. The fourth-order valence-electron chi connectivity index (χ4n) is 3.88. The van der Waals surface area contributed by atoms with E-state index in [0.717, 1.165) is 16.8 Å². The van der Waals surface area contributed by atoms with E-state index in [1.54, 1.807) is 41.3 Å². The summed E-state index contributed by atoms with van der Waals surface area (Å²) in [6.07, 6.45) is 1.65. The number of hydrogen-bond acceptors (Lipinski definition) is 5. The molecule has 0 aromatic heterocycles. The van der Waals surface area contributed by atoms with Crippen LogP contribution in [0.2, 0.25) is 10.0 Å². The SMILES string of the molecule is CCOc1cc(/C=C2/C(=N)N3C(c4ccccc4)=CSC3=NC2=O)ccc1OCc1ccc(Cl)cc1Cl. The van der Waals surface area contributed by atoms with Gasteiger partial charge in [-0.05, 0) is 48.4 Å². The minimum Gasteiger partial charge on any atom is -0.490 e. The van der Waals surface area contributed by atoms with E-state index >= 15 is 0 Å². The number of aliphatic imine (C=N–C) groups is 1. The summed E-state index contributed by atoms with van der Waals surface area (Å²) in [6, 6.07) is 20.3. The van der Waals surface area contributed by atoms with E-state index in [1.807, 2.05) is 48.7 Å². The molecule has 3 aromatic rings. The number of benzene rings is 3. The monoisotopic (exact) mass is 549 g/mol. The molecule has 0 atom stereocenters. The van der Waals surface area contributed by atoms with E-state index < -0.39 is 5.91 Å². The van der Waals surface area contributed by atoms with E-state index in [2.05, 4.69) is 4.99 Å². The fraction of sp³-hybridized carbons (Fsp3) is 0.107. The number of carbonyl (C=O) groups excluding carboxylic acids is 1. The molecule has 3 aromatic carbocycles. The third-order valence-corrected chi connectivity index (χ3v) is 7.07. The maximum atomic E-state index is 12.9. The van der Waals surface area contributed by atoms with Crippen LogP contribution in [0.15, 0.2) is 82.7 Å². The first-order chi connectivity index (χ1) is 17.9. The first-order valence-electron chi connectivity index (χ1n) is 11.4. The van der Waals surface area contributed by atoms with Gasteiger partial charge in [-0.3, -0.25) is 15.1 Å². The van der Waals surface area contributed by atoms with Crippen molar-refractivity contribution in [3.63, 3.8) is 0 Å². The van der Waals surface area contributed by atoms with Crippen molar-refractivity contribution >= 4 is 63.6 Å². The lowest BCUT2D eigenvalue weighted by Crippen LogP contribution is -2.38. The molecule has 0 radical (unpaired) electrons. The molecule has 186 valence electrons. The second kappa shape index (κ2) is 10.8. The van der Waals surface area contributed by atoms with Crippen LogP contribution in [0.5, 0.6) is 11.5 Å². The molecule has 9 heteroatoms. The predicted molar refractivity (Wildman–Crippen MR) is 150 cm³/mol. The summed E-state index contributed by atoms with van der Waals surface area (Å²) >= 11 is 13.6. The Kier molecular flexibility index (Phi) is 7.37. The largest absolute Gasteiger partial charge is 0.490 e. The maximum Gasteiger partial charge on any atom is 0.283 e. The molecule has 2 aliphatic heterocycles. The second-order valence-corrected chi connectivity index (χ2v) is 9.77. The Labute approximate surface area is 228 Å². The summed E-state index contributed by atoms with van der Waals surface area (Å²) in [5.74, 6) is 0.668. The number of amidine groups is 2. The number of carbonyl (C=O) groups is 1. The van der Waals surface area contributed by atoms with Crippen LogP contribution in [0.25, 0.3) is 11.8 Å². The zero-order valence-corrected chi connectivity index (χ0v) is 22.0. The quantitative estimate of drug-likeness (QED) is 0.313. The number of ether oxygens (including phenoxy) is 2. The molecule has 2 heterocycles. The lowest BCUT2D eigenvalue weighted by Gasteiger charge is -2.27. The van der Waals surface area contributed by atoms with Crippen molar-refractivity contribution < 1.29 is 14.3 Å². The van der Waals surface area contributed by atoms with Gasteiger partial charge in [0, 0.05) is 21.0 Å². The molecule has 0 fully saturated rings. The molecule has 0 bridgehead atoms. The van der Waals surface area contributed by atoms with Gasteiger partial charge >= 0.3 is 0 Å². The molecule has 37 heavy (non-hydrogen) atoms. The van der Waals surface area contributed by atoms with Crippen LogP contribution in [-0.2, 0) is 11.4 Å². The highest BCUT2D eigenvalue weighted by atomic mass is 35.5. The predicted octanol–water partition coefficient (Wildman–Crippen LogP) is 7.28. The van der Waals surface area contributed by atoms with Crippen molar-refractivity contribution in [1.82, 2.24) is 4.90 Å². The van der Waals surface area contributed by atoms with Gasteiger partial charge in [-0.15, -0.1) is 0 Å². The molecule has 0 unspecified atom stereocenters. The Morgan fingerprint density at radius 3 is 2.59 bits per heavy atom. The summed E-state index contributed by atoms with van der Waals surface area (Å²) in [5, 5.41) is 12.3. The molecule has 6 nitrogen and oxygen atoms in total. The smallest absolute Gasteiger partial charge is 0.283 e. The molecular formula is C28H21Cl2N3O3S. The van der Waals surface area contributed by atoms with Crippen molar-refractivity contribution in [3.05, 3.63) is 104 Å². The number of rotatable bonds is 7. The first kappa shape index (κ1) is 25.1. The molecular weight excluding hydrogens is 529 g/mol. The van der Waals surface area contributed by atoms with E-state index in [9.17, 15) is 4.79 Å². The van der Waals surface area contributed by atoms with Gasteiger partial charge in [-0.25, -0.2) is 0 Å². The summed E-state index contributed by atoms with van der Waals surface area (Å²) < 4.78 is 11.8. The van der Waals surface area contributed by atoms with Crippen LogP contribution < -0.4 is 9.47 Å². The van der Waals surface area contributed by atoms with Crippen LogP contribution in [0.1, 0.15) is 23.6 Å². The van der Waals surface area contributed by atoms with Crippen molar-refractivity contribution in [1.29, 1.82) is 5.41 Å². The van der Waals surface area contributed by atoms with E-state index in [1.165, 1.54) is 11.8 Å². The Bertz CT molecular complexity index is 1490. The van der Waals surface area contributed by atoms with Gasteiger partial charge in [0.2, 0.25) is 0 Å². The molecule has 0 saturated heterocycles. The van der Waals surface area contributed by atoms with Crippen LogP contribution in [0.3, 0.4) is 0 Å². The Hall–Kier alpha value is -3.52. The van der Waals surface area contributed by atoms with Gasteiger partial charge in [0.25, 0.3) is 5.91 Å². The molecule has 0 spiro atoms. The van der Waals surface area contributed by atoms with Crippen LogP contribution >= 0.6 is 35.0 Å². The second-order valence-electron chi connectivity index (χ2n) is 8.09. The number of halogens is 2. The fourth-order valence-corrected chi connectivity index (χ4v) is 5.23. The molecule has 0 saturated carbocycles. The molecule has 1 N–H and O–H groups in total. The standard InChI is InChI=1S/C28H21Cl2N3O3S/c1-2-35-25-13-17(8-11-24(25)36-15-19-9-10-20(29)14-22(19)30)12-21-26(31)33-23(18-6-4-3-5-7-18)16-37-28(33)32-27(21)34/h3-14,16,31H,2,15H2,1H3/b21-12-,31-26?. The van der Waals surface area contributed by atoms with Gasteiger partial charge in [-0.2, -0.15) is 4.99 Å². The highest BCUT2D eigenvalue weighted by Gasteiger charge is 2.36. The number of thioether (sulfide) groups is 1. The van der Waals surface area contributed by atoms with Gasteiger partial charge in [-0.1, -0.05) is 77.4 Å². The Balaban J connectivity index is 1.41.